The van der Waals surface area contributed by atoms with Crippen LogP contribution in [0.2, 0.25) is 5.02 Å². The minimum absolute atomic E-state index is 0.00514. The van der Waals surface area contributed by atoms with Gasteiger partial charge in [-0.1, -0.05) is 49.2 Å². The van der Waals surface area contributed by atoms with E-state index in [1.54, 1.807) is 30.5 Å². The number of aromatic amines is 1. The number of hydrogen-bond acceptors (Lipinski definition) is 9. The van der Waals surface area contributed by atoms with Gasteiger partial charge in [-0.25, -0.2) is 17.5 Å². The molecule has 0 bridgehead atoms. The number of sulfonamides is 1. The Bertz CT molecular complexity index is 2610. The van der Waals surface area contributed by atoms with Crippen LogP contribution < -0.4 is 19.1 Å². The molecule has 2 N–H and O–H groups in total. The number of aromatic nitrogens is 1. The Kier molecular flexibility index (Phi) is 12.2. The maximum atomic E-state index is 15.2. The average Bonchev–Trinajstić information content (AvgIpc) is 3.74. The van der Waals surface area contributed by atoms with Gasteiger partial charge in [-0.2, -0.15) is 5.26 Å². The molecule has 2 fully saturated rings. The van der Waals surface area contributed by atoms with E-state index in [4.69, 9.17) is 25.8 Å². The van der Waals surface area contributed by atoms with Gasteiger partial charge in [-0.15, -0.1) is 0 Å². The maximum Gasteiger partial charge on any atom is 0.268 e. The van der Waals surface area contributed by atoms with Crippen molar-refractivity contribution in [3.05, 3.63) is 118 Å². The topological polar surface area (TPSA) is 137 Å². The first-order chi connectivity index (χ1) is 29.3. The van der Waals surface area contributed by atoms with E-state index in [0.717, 1.165) is 79.7 Å². The van der Waals surface area contributed by atoms with Gasteiger partial charge in [-0.05, 0) is 96.5 Å². The maximum absolute atomic E-state index is 15.2. The number of H-pyrrole nitrogens is 1. The quantitative estimate of drug-likeness (QED) is 0.126. The number of halogens is 2. The Balaban J connectivity index is 1.00. The fraction of sp³-hybridized carbons (Fsp3) is 0.362. The van der Waals surface area contributed by atoms with Gasteiger partial charge in [0.15, 0.2) is 0 Å². The molecule has 61 heavy (non-hydrogen) atoms. The molecule has 3 aliphatic rings. The monoisotopic (exact) mass is 865 g/mol. The van der Waals surface area contributed by atoms with Crippen molar-refractivity contribution < 1.29 is 31.8 Å². The molecular formula is C47H49ClFN5O6S. The molecular weight excluding hydrogens is 817 g/mol. The van der Waals surface area contributed by atoms with Crippen LogP contribution >= 0.6 is 11.6 Å². The molecule has 0 spiro atoms. The molecule has 0 atom stereocenters. The molecule has 11 nitrogen and oxygen atoms in total. The molecule has 1 aromatic heterocycles. The number of carbonyl (C=O) groups is 1. The number of nitriles is 1. The van der Waals surface area contributed by atoms with Crippen LogP contribution in [-0.4, -0.2) is 82.4 Å². The highest BCUT2D eigenvalue weighted by Gasteiger charge is 2.34. The molecule has 318 valence electrons. The summed E-state index contributed by atoms with van der Waals surface area (Å²) in [7, 11) is -4.48. The van der Waals surface area contributed by atoms with Gasteiger partial charge in [0.05, 0.1) is 16.0 Å². The van der Waals surface area contributed by atoms with E-state index < -0.39 is 21.6 Å². The van der Waals surface area contributed by atoms with Gasteiger partial charge in [0.25, 0.3) is 15.9 Å². The lowest BCUT2D eigenvalue weighted by Crippen LogP contribution is -2.47. The van der Waals surface area contributed by atoms with Crippen molar-refractivity contribution in [2.75, 3.05) is 57.4 Å². The first-order valence-corrected chi connectivity index (χ1v) is 22.5. The molecule has 5 aromatic rings. The number of nitrogens with zero attached hydrogens (tertiary/aromatic N) is 3. The third-order valence-corrected chi connectivity index (χ3v) is 13.6. The molecule has 0 saturated carbocycles. The van der Waals surface area contributed by atoms with Crippen molar-refractivity contribution in [1.82, 2.24) is 14.6 Å². The van der Waals surface area contributed by atoms with Crippen LogP contribution in [0, 0.1) is 16.7 Å². The Morgan fingerprint density at radius 2 is 1.72 bits per heavy atom. The zero-order chi connectivity index (χ0) is 42.8. The molecule has 14 heteroatoms. The van der Waals surface area contributed by atoms with Crippen molar-refractivity contribution in [3.63, 3.8) is 0 Å². The van der Waals surface area contributed by atoms with Crippen LogP contribution in [0.3, 0.4) is 0 Å². The number of benzene rings is 4. The number of amides is 1. The van der Waals surface area contributed by atoms with E-state index in [9.17, 15) is 18.5 Å². The van der Waals surface area contributed by atoms with E-state index in [0.29, 0.717) is 5.75 Å². The first kappa shape index (κ1) is 42.3. The minimum Gasteiger partial charge on any atom is -0.489 e. The molecule has 0 unspecified atom stereocenters. The molecule has 0 radical (unpaired) electrons. The van der Waals surface area contributed by atoms with Crippen LogP contribution in [0.15, 0.2) is 102 Å². The van der Waals surface area contributed by atoms with Gasteiger partial charge < -0.3 is 24.1 Å². The Morgan fingerprint density at radius 3 is 2.48 bits per heavy atom. The van der Waals surface area contributed by atoms with Crippen LogP contribution in [0.5, 0.6) is 17.2 Å². The summed E-state index contributed by atoms with van der Waals surface area (Å²) in [6.07, 6.45) is 5.31. The lowest BCUT2D eigenvalue weighted by Gasteiger charge is -2.39. The number of carbonyl (C=O) groups excluding carboxylic acids is 1. The second kappa shape index (κ2) is 17.5. The number of anilines is 1. The predicted octanol–water partition coefficient (Wildman–Crippen LogP) is 9.29. The Morgan fingerprint density at radius 1 is 0.951 bits per heavy atom. The summed E-state index contributed by atoms with van der Waals surface area (Å²) in [5, 5.41) is 11.4. The lowest BCUT2D eigenvalue weighted by molar-refractivity contribution is -0.0324. The van der Waals surface area contributed by atoms with Crippen molar-refractivity contribution in [3.8, 4) is 23.3 Å². The lowest BCUT2D eigenvalue weighted by atomic mass is 9.72. The number of alkyl halides is 1. The number of fused-ring (bicyclic) bond motifs is 1. The highest BCUT2D eigenvalue weighted by molar-refractivity contribution is 7.90. The molecule has 3 heterocycles. The zero-order valence-corrected chi connectivity index (χ0v) is 35.9. The summed E-state index contributed by atoms with van der Waals surface area (Å²) in [6.45, 7) is 8.93. The van der Waals surface area contributed by atoms with E-state index >= 15 is 4.39 Å². The van der Waals surface area contributed by atoms with Gasteiger partial charge in [0, 0.05) is 92.7 Å². The van der Waals surface area contributed by atoms with Crippen molar-refractivity contribution in [2.45, 2.75) is 56.5 Å². The number of allylic oxidation sites excluding steroid dienone is 1. The summed E-state index contributed by atoms with van der Waals surface area (Å²) in [5.74, 6) is -0.201. The summed E-state index contributed by atoms with van der Waals surface area (Å²) >= 11 is 6.24. The highest BCUT2D eigenvalue weighted by atomic mass is 35.5. The van der Waals surface area contributed by atoms with Crippen LogP contribution in [0.1, 0.15) is 67.4 Å². The predicted molar refractivity (Wildman–Crippen MR) is 235 cm³/mol. The number of piperazine rings is 1. The average molecular weight is 866 g/mol. The second-order valence-corrected chi connectivity index (χ2v) is 19.0. The minimum atomic E-state index is -4.48. The van der Waals surface area contributed by atoms with Crippen LogP contribution in [-0.2, 0) is 14.8 Å². The van der Waals surface area contributed by atoms with Crippen molar-refractivity contribution in [1.29, 1.82) is 5.26 Å². The van der Waals surface area contributed by atoms with E-state index in [2.05, 4.69) is 45.5 Å². The number of hydrogen-bond donors (Lipinski definition) is 2. The molecule has 2 saturated heterocycles. The summed E-state index contributed by atoms with van der Waals surface area (Å²) in [6, 6.07) is 26.3. The third kappa shape index (κ3) is 9.73. The number of rotatable bonds is 12. The number of nitrogens with one attached hydrogen (secondary N) is 2. The standard InChI is InChI=1S/C47H49ClFN5O6S/c1-46(2)16-14-33(40(28-46)32-6-8-35(48)9-7-32)30-53-20-22-54(23-21-53)36-10-12-39(44(27-36)60-43-5-3-4-41-38(43)15-19-51-41)45(55)52-61(56,57)37-11-13-42(34(26-37)29-50)59-31-47(49)17-24-58-25-18-47/h3-13,15,19,26-27,51H,14,16-18,20-25,28,30-31H2,1-2H3,(H,52,55). The van der Waals surface area contributed by atoms with Crippen LogP contribution in [0.25, 0.3) is 16.5 Å². The summed E-state index contributed by atoms with van der Waals surface area (Å²) < 4.78 is 62.0. The van der Waals surface area contributed by atoms with Crippen molar-refractivity contribution >= 4 is 49.7 Å². The van der Waals surface area contributed by atoms with E-state index in [-0.39, 0.29) is 65.6 Å². The van der Waals surface area contributed by atoms with Crippen LogP contribution in [0.4, 0.5) is 10.1 Å². The molecule has 2 aliphatic heterocycles. The smallest absolute Gasteiger partial charge is 0.268 e. The number of ether oxygens (including phenoxy) is 3. The largest absolute Gasteiger partial charge is 0.489 e. The van der Waals surface area contributed by atoms with Crippen molar-refractivity contribution in [2.24, 2.45) is 5.41 Å². The highest BCUT2D eigenvalue weighted by Crippen LogP contribution is 2.43. The zero-order valence-electron chi connectivity index (χ0n) is 34.3. The first-order valence-electron chi connectivity index (χ1n) is 20.6. The van der Waals surface area contributed by atoms with Gasteiger partial charge in [0.2, 0.25) is 0 Å². The third-order valence-electron chi connectivity index (χ3n) is 12.0. The Labute approximate surface area is 361 Å². The SMILES string of the molecule is CC1(C)CCC(CN2CCN(c3ccc(C(=O)NS(=O)(=O)c4ccc(OCC5(F)CCOCC5)c(C#N)c4)c(Oc4cccc5[nH]ccc45)c3)CC2)=C(c2ccc(Cl)cc2)C1. The summed E-state index contributed by atoms with van der Waals surface area (Å²) in [4.78, 5) is 21.5. The second-order valence-electron chi connectivity index (χ2n) is 16.9. The molecule has 1 amide bonds. The van der Waals surface area contributed by atoms with E-state index in [1.165, 1.54) is 28.8 Å². The Hall–Kier alpha value is -5.39. The molecule has 1 aliphatic carbocycles. The molecule has 4 aromatic carbocycles. The van der Waals surface area contributed by atoms with Gasteiger partial charge in [0.1, 0.15) is 35.6 Å². The van der Waals surface area contributed by atoms with Gasteiger partial charge >= 0.3 is 0 Å². The normalized spacial score (nSPS) is 18.1. The summed E-state index contributed by atoms with van der Waals surface area (Å²) in [5.41, 5.74) is 4.30. The molecule has 8 rings (SSSR count). The fourth-order valence-corrected chi connectivity index (χ4v) is 9.47. The fourth-order valence-electron chi connectivity index (χ4n) is 8.36. The van der Waals surface area contributed by atoms with Gasteiger partial charge in [-0.3, -0.25) is 9.69 Å². The van der Waals surface area contributed by atoms with E-state index in [1.807, 2.05) is 36.4 Å².